The predicted octanol–water partition coefficient (Wildman–Crippen LogP) is 2.94. The normalized spacial score (nSPS) is 21.0. The second kappa shape index (κ2) is 7.84. The summed E-state index contributed by atoms with van der Waals surface area (Å²) in [5.41, 5.74) is 3.74. The van der Waals surface area contributed by atoms with Crippen LogP contribution in [0.3, 0.4) is 0 Å². The smallest absolute Gasteiger partial charge is 0.223 e. The number of nitrogens with one attached hydrogen (secondary N) is 3. The van der Waals surface area contributed by atoms with Gasteiger partial charge in [0.2, 0.25) is 5.91 Å². The minimum Gasteiger partial charge on any atom is -0.361 e. The van der Waals surface area contributed by atoms with Crippen molar-refractivity contribution in [3.63, 3.8) is 0 Å². The summed E-state index contributed by atoms with van der Waals surface area (Å²) in [4.78, 5) is 15.6. The fourth-order valence-electron chi connectivity index (χ4n) is 3.48. The van der Waals surface area contributed by atoms with Gasteiger partial charge < -0.3 is 15.6 Å². The Morgan fingerprint density at radius 3 is 3.00 bits per heavy atom. The third-order valence-corrected chi connectivity index (χ3v) is 4.68. The molecule has 126 valence electrons. The highest BCUT2D eigenvalue weighted by Gasteiger charge is 2.24. The van der Waals surface area contributed by atoms with Gasteiger partial charge in [0.15, 0.2) is 0 Å². The Morgan fingerprint density at radius 2 is 2.22 bits per heavy atom. The molecule has 2 atom stereocenters. The Labute approximate surface area is 143 Å². The molecule has 3 N–H and O–H groups in total. The lowest BCUT2D eigenvalue weighted by molar-refractivity contribution is -0.126. The average molecular weight is 336 g/mol. The quantitative estimate of drug-likeness (QED) is 0.804. The van der Waals surface area contributed by atoms with Crippen LogP contribution in [0.4, 0.5) is 0 Å². The molecular formula is C18H26ClN3O. The lowest BCUT2D eigenvalue weighted by Gasteiger charge is -2.27. The Morgan fingerprint density at radius 1 is 1.39 bits per heavy atom. The molecule has 0 saturated carbocycles. The molecule has 0 bridgehead atoms. The summed E-state index contributed by atoms with van der Waals surface area (Å²) >= 11 is 0. The summed E-state index contributed by atoms with van der Waals surface area (Å²) in [6.07, 6.45) is 4.83. The number of rotatable bonds is 4. The third kappa shape index (κ3) is 4.06. The second-order valence-corrected chi connectivity index (χ2v) is 6.43. The van der Waals surface area contributed by atoms with Crippen molar-refractivity contribution in [3.8, 4) is 0 Å². The molecule has 1 saturated heterocycles. The largest absolute Gasteiger partial charge is 0.361 e. The monoisotopic (exact) mass is 335 g/mol. The number of carbonyl (C=O) groups is 1. The zero-order valence-corrected chi connectivity index (χ0v) is 14.6. The number of aromatic nitrogens is 1. The van der Waals surface area contributed by atoms with Crippen LogP contribution >= 0.6 is 12.4 Å². The van der Waals surface area contributed by atoms with E-state index >= 15 is 0 Å². The molecule has 3 rings (SSSR count). The SMILES string of the molecule is Cc1cccc2[nH]cc(CCNC(=O)[C@H]3CCN[C@@H](C)C3)c12.Cl. The zero-order valence-electron chi connectivity index (χ0n) is 13.8. The topological polar surface area (TPSA) is 56.9 Å². The summed E-state index contributed by atoms with van der Waals surface area (Å²) in [5.74, 6) is 0.380. The van der Waals surface area contributed by atoms with Gasteiger partial charge in [-0.1, -0.05) is 12.1 Å². The molecule has 1 aliphatic rings. The number of fused-ring (bicyclic) bond motifs is 1. The van der Waals surface area contributed by atoms with Crippen molar-refractivity contribution in [1.29, 1.82) is 0 Å². The molecule has 0 aliphatic carbocycles. The van der Waals surface area contributed by atoms with E-state index in [0.29, 0.717) is 12.6 Å². The molecule has 2 heterocycles. The molecule has 2 aromatic rings. The first-order valence-electron chi connectivity index (χ1n) is 8.22. The molecule has 1 aromatic carbocycles. The first kappa shape index (κ1) is 17.8. The van der Waals surface area contributed by atoms with Crippen LogP contribution in [0.5, 0.6) is 0 Å². The van der Waals surface area contributed by atoms with Gasteiger partial charge in [-0.25, -0.2) is 0 Å². The number of halogens is 1. The first-order chi connectivity index (χ1) is 10.6. The van der Waals surface area contributed by atoms with Crippen LogP contribution in [-0.2, 0) is 11.2 Å². The summed E-state index contributed by atoms with van der Waals surface area (Å²) in [5, 5.41) is 7.80. The van der Waals surface area contributed by atoms with Crippen LogP contribution in [-0.4, -0.2) is 30.0 Å². The van der Waals surface area contributed by atoms with E-state index < -0.39 is 0 Å². The molecule has 0 radical (unpaired) electrons. The van der Waals surface area contributed by atoms with Crippen molar-refractivity contribution in [1.82, 2.24) is 15.6 Å². The lowest BCUT2D eigenvalue weighted by Crippen LogP contribution is -2.42. The Bertz CT molecular complexity index is 667. The highest BCUT2D eigenvalue weighted by atomic mass is 35.5. The average Bonchev–Trinajstić information content (AvgIpc) is 2.92. The van der Waals surface area contributed by atoms with Gasteiger partial charge in [-0.15, -0.1) is 12.4 Å². The van der Waals surface area contributed by atoms with Gasteiger partial charge in [-0.05, 0) is 56.8 Å². The Kier molecular flexibility index (Phi) is 6.08. The van der Waals surface area contributed by atoms with E-state index in [4.69, 9.17) is 0 Å². The first-order valence-corrected chi connectivity index (χ1v) is 8.22. The molecule has 1 fully saturated rings. The van der Waals surface area contributed by atoms with Gasteiger partial charge in [-0.3, -0.25) is 4.79 Å². The third-order valence-electron chi connectivity index (χ3n) is 4.68. The van der Waals surface area contributed by atoms with Gasteiger partial charge >= 0.3 is 0 Å². The van der Waals surface area contributed by atoms with Crippen LogP contribution in [0.1, 0.15) is 30.9 Å². The van der Waals surface area contributed by atoms with Crippen molar-refractivity contribution in [2.45, 2.75) is 39.2 Å². The number of hydrogen-bond donors (Lipinski definition) is 3. The minimum absolute atomic E-state index is 0. The van der Waals surface area contributed by atoms with Gasteiger partial charge in [0, 0.05) is 35.6 Å². The predicted molar refractivity (Wildman–Crippen MR) is 97.2 cm³/mol. The van der Waals surface area contributed by atoms with Crippen LogP contribution in [0, 0.1) is 12.8 Å². The maximum atomic E-state index is 12.3. The van der Waals surface area contributed by atoms with E-state index in [2.05, 4.69) is 53.9 Å². The van der Waals surface area contributed by atoms with Crippen molar-refractivity contribution in [2.75, 3.05) is 13.1 Å². The number of hydrogen-bond acceptors (Lipinski definition) is 2. The van der Waals surface area contributed by atoms with Gasteiger partial charge in [0.05, 0.1) is 0 Å². The molecule has 1 aliphatic heterocycles. The maximum Gasteiger partial charge on any atom is 0.223 e. The molecule has 1 aromatic heterocycles. The summed E-state index contributed by atoms with van der Waals surface area (Å²) in [7, 11) is 0. The van der Waals surface area contributed by atoms with Gasteiger partial charge in [0.1, 0.15) is 0 Å². The molecule has 23 heavy (non-hydrogen) atoms. The molecule has 0 spiro atoms. The highest BCUT2D eigenvalue weighted by Crippen LogP contribution is 2.22. The lowest BCUT2D eigenvalue weighted by atomic mass is 9.92. The van der Waals surface area contributed by atoms with E-state index in [1.54, 1.807) is 0 Å². The van der Waals surface area contributed by atoms with Crippen molar-refractivity contribution in [3.05, 3.63) is 35.5 Å². The van der Waals surface area contributed by atoms with Crippen LogP contribution in [0.15, 0.2) is 24.4 Å². The molecule has 4 nitrogen and oxygen atoms in total. The summed E-state index contributed by atoms with van der Waals surface area (Å²) in [6.45, 7) is 5.93. The molecule has 1 amide bonds. The zero-order chi connectivity index (χ0) is 15.5. The fraction of sp³-hybridized carbons (Fsp3) is 0.500. The van der Waals surface area contributed by atoms with E-state index in [0.717, 1.165) is 25.8 Å². The molecule has 0 unspecified atom stereocenters. The van der Waals surface area contributed by atoms with Crippen LogP contribution in [0.25, 0.3) is 10.9 Å². The molecule has 5 heteroatoms. The minimum atomic E-state index is 0. The summed E-state index contributed by atoms with van der Waals surface area (Å²) < 4.78 is 0. The number of aryl methyl sites for hydroxylation is 1. The van der Waals surface area contributed by atoms with E-state index in [9.17, 15) is 4.79 Å². The van der Waals surface area contributed by atoms with E-state index in [1.165, 1.54) is 22.0 Å². The summed E-state index contributed by atoms with van der Waals surface area (Å²) in [6, 6.07) is 6.74. The number of aromatic amines is 1. The van der Waals surface area contributed by atoms with Crippen LogP contribution in [0.2, 0.25) is 0 Å². The van der Waals surface area contributed by atoms with Crippen LogP contribution < -0.4 is 10.6 Å². The van der Waals surface area contributed by atoms with Crippen molar-refractivity contribution in [2.24, 2.45) is 5.92 Å². The molecular weight excluding hydrogens is 310 g/mol. The number of H-pyrrole nitrogens is 1. The highest BCUT2D eigenvalue weighted by molar-refractivity contribution is 5.86. The number of benzene rings is 1. The number of carbonyl (C=O) groups excluding carboxylic acids is 1. The van der Waals surface area contributed by atoms with E-state index in [-0.39, 0.29) is 24.2 Å². The number of amides is 1. The van der Waals surface area contributed by atoms with Crippen molar-refractivity contribution < 1.29 is 4.79 Å². The fourth-order valence-corrected chi connectivity index (χ4v) is 3.48. The van der Waals surface area contributed by atoms with Gasteiger partial charge in [0.25, 0.3) is 0 Å². The van der Waals surface area contributed by atoms with E-state index in [1.807, 2.05) is 0 Å². The Hall–Kier alpha value is -1.52. The second-order valence-electron chi connectivity index (χ2n) is 6.43. The Balaban J connectivity index is 0.00000192. The van der Waals surface area contributed by atoms with Crippen molar-refractivity contribution >= 4 is 29.2 Å². The van der Waals surface area contributed by atoms with Gasteiger partial charge in [-0.2, -0.15) is 0 Å². The standard InChI is InChI=1S/C18H25N3O.ClH/c1-12-4-3-5-16-17(12)15(11-21-16)7-9-20-18(22)14-6-8-19-13(2)10-14;/h3-5,11,13-14,19,21H,6-10H2,1-2H3,(H,20,22);1H/t13-,14-;/m0./s1. The maximum absolute atomic E-state index is 12.3. The number of piperidine rings is 1.